The second-order valence-corrected chi connectivity index (χ2v) is 2.15. The summed E-state index contributed by atoms with van der Waals surface area (Å²) in [6, 6.07) is 0. The van der Waals surface area contributed by atoms with Crippen LogP contribution in [0.5, 0.6) is 0 Å². The molecule has 1 aromatic heterocycles. The highest BCUT2D eigenvalue weighted by Crippen LogP contribution is 2.11. The monoisotopic (exact) mass is 150 g/mol. The van der Waals surface area contributed by atoms with E-state index in [2.05, 4.69) is 26.7 Å². The normalized spacial score (nSPS) is 11.6. The van der Waals surface area contributed by atoms with Crippen molar-refractivity contribution in [1.82, 2.24) is 9.97 Å². The van der Waals surface area contributed by atoms with Gasteiger partial charge >= 0.3 is 0 Å². The summed E-state index contributed by atoms with van der Waals surface area (Å²) in [4.78, 5) is 14.6. The van der Waals surface area contributed by atoms with Crippen LogP contribution in [0.4, 0.5) is 5.82 Å². The number of nitrogens with one attached hydrogen (secondary N) is 1. The van der Waals surface area contributed by atoms with Gasteiger partial charge in [-0.25, -0.2) is 15.0 Å². The lowest BCUT2D eigenvalue weighted by Crippen LogP contribution is -1.82. The maximum atomic E-state index is 4.11. The van der Waals surface area contributed by atoms with Gasteiger partial charge in [-0.1, -0.05) is 0 Å². The van der Waals surface area contributed by atoms with E-state index in [0.717, 1.165) is 11.5 Å². The third kappa shape index (κ3) is 1.73. The van der Waals surface area contributed by atoms with Crippen LogP contribution in [0.3, 0.4) is 0 Å². The van der Waals surface area contributed by atoms with Crippen molar-refractivity contribution >= 4 is 18.4 Å². The first-order valence-electron chi connectivity index (χ1n) is 3.26. The molecule has 0 saturated carbocycles. The van der Waals surface area contributed by atoms with Crippen molar-refractivity contribution in [2.75, 3.05) is 0 Å². The Morgan fingerprint density at radius 1 is 1.73 bits per heavy atom. The molecule has 4 nitrogen and oxygen atoms in total. The van der Waals surface area contributed by atoms with E-state index in [4.69, 9.17) is 0 Å². The number of rotatable bonds is 1. The van der Waals surface area contributed by atoms with Crippen molar-refractivity contribution in [1.29, 1.82) is 0 Å². The maximum Gasteiger partial charge on any atom is 0.154 e. The molecule has 1 rings (SSSR count). The zero-order valence-electron chi connectivity index (χ0n) is 6.63. The van der Waals surface area contributed by atoms with Crippen molar-refractivity contribution < 1.29 is 0 Å². The fourth-order valence-corrected chi connectivity index (χ4v) is 0.666. The first-order chi connectivity index (χ1) is 5.24. The molecule has 4 heteroatoms. The van der Waals surface area contributed by atoms with Crippen LogP contribution in [0.2, 0.25) is 0 Å². The van der Waals surface area contributed by atoms with Crippen molar-refractivity contribution in [2.45, 2.75) is 13.8 Å². The largest absolute Gasteiger partial charge is 0.329 e. The topological polar surface area (TPSA) is 53.4 Å². The number of aryl methyl sites for hydroxylation is 1. The van der Waals surface area contributed by atoms with Crippen molar-refractivity contribution in [3.05, 3.63) is 12.0 Å². The van der Waals surface area contributed by atoms with Gasteiger partial charge in [-0.3, -0.25) is 0 Å². The molecule has 0 bridgehead atoms. The Kier molecular flexibility index (Phi) is 2.15. The molecule has 0 fully saturated rings. The van der Waals surface area contributed by atoms with Gasteiger partial charge in [0.05, 0.1) is 12.0 Å². The predicted octanol–water partition coefficient (Wildman–Crippen LogP) is 1.47. The molecule has 0 aliphatic rings. The summed E-state index contributed by atoms with van der Waals surface area (Å²) in [6.07, 6.45) is 1.60. The molecule has 0 saturated heterocycles. The molecule has 11 heavy (non-hydrogen) atoms. The lowest BCUT2D eigenvalue weighted by atomic mass is 10.5. The summed E-state index contributed by atoms with van der Waals surface area (Å²) in [6.45, 7) is 7.02. The third-order valence-corrected chi connectivity index (χ3v) is 1.30. The van der Waals surface area contributed by atoms with E-state index >= 15 is 0 Å². The summed E-state index contributed by atoms with van der Waals surface area (Å²) in [5.41, 5.74) is 0.869. The lowest BCUT2D eigenvalue weighted by Gasteiger charge is -1.89. The zero-order valence-corrected chi connectivity index (χ0v) is 6.63. The summed E-state index contributed by atoms with van der Waals surface area (Å²) in [7, 11) is 0. The van der Waals surface area contributed by atoms with Crippen LogP contribution in [-0.4, -0.2) is 22.5 Å². The average Bonchev–Trinajstić information content (AvgIpc) is 2.37. The predicted molar refractivity (Wildman–Crippen MR) is 45.6 cm³/mol. The van der Waals surface area contributed by atoms with Crippen molar-refractivity contribution in [2.24, 2.45) is 9.98 Å². The Hall–Kier alpha value is -1.45. The highest BCUT2D eigenvalue weighted by molar-refractivity contribution is 5.85. The van der Waals surface area contributed by atoms with Crippen molar-refractivity contribution in [3.63, 3.8) is 0 Å². The molecule has 0 atom stereocenters. The number of aromatic amines is 1. The number of nitrogens with zero attached hydrogens (tertiary/aromatic N) is 3. The molecule has 0 spiro atoms. The molecule has 58 valence electrons. The second kappa shape index (κ2) is 3.09. The molecule has 0 amide bonds. The van der Waals surface area contributed by atoms with E-state index in [0.29, 0.717) is 5.84 Å². The Labute approximate surface area is 65.1 Å². The molecule has 1 heterocycles. The van der Waals surface area contributed by atoms with Crippen LogP contribution in [0.25, 0.3) is 0 Å². The van der Waals surface area contributed by atoms with Crippen LogP contribution in [0.1, 0.15) is 12.6 Å². The van der Waals surface area contributed by atoms with Crippen LogP contribution in [0.15, 0.2) is 16.3 Å². The van der Waals surface area contributed by atoms with Crippen LogP contribution < -0.4 is 0 Å². The Balaban J connectivity index is 2.94. The third-order valence-electron chi connectivity index (χ3n) is 1.30. The number of H-pyrrole nitrogens is 1. The van der Waals surface area contributed by atoms with Gasteiger partial charge in [0.1, 0.15) is 5.84 Å². The number of aromatic nitrogens is 2. The number of hydrogen-bond acceptors (Lipinski definition) is 2. The molecular weight excluding hydrogens is 140 g/mol. The Bertz CT molecular complexity index is 284. The van der Waals surface area contributed by atoms with Crippen LogP contribution >= 0.6 is 0 Å². The first-order valence-corrected chi connectivity index (χ1v) is 3.26. The molecule has 0 aliphatic carbocycles. The molecule has 1 aromatic rings. The number of aliphatic imine (C=N–C) groups is 2. The molecule has 0 radical (unpaired) electrons. The minimum atomic E-state index is 0.636. The van der Waals surface area contributed by atoms with Crippen LogP contribution in [-0.2, 0) is 0 Å². The fraction of sp³-hybridized carbons (Fsp3) is 0.286. The Morgan fingerprint density at radius 3 is 2.91 bits per heavy atom. The van der Waals surface area contributed by atoms with Crippen molar-refractivity contribution in [3.8, 4) is 0 Å². The van der Waals surface area contributed by atoms with Gasteiger partial charge < -0.3 is 4.98 Å². The van der Waals surface area contributed by atoms with Gasteiger partial charge in [-0.15, -0.1) is 0 Å². The van der Waals surface area contributed by atoms with E-state index in [1.54, 1.807) is 13.3 Å². The molecule has 0 aliphatic heterocycles. The van der Waals surface area contributed by atoms with Gasteiger partial charge in [0.25, 0.3) is 0 Å². The second-order valence-electron chi connectivity index (χ2n) is 2.15. The minimum Gasteiger partial charge on any atom is -0.329 e. The Morgan fingerprint density at radius 2 is 2.45 bits per heavy atom. The van der Waals surface area contributed by atoms with Gasteiger partial charge in [-0.2, -0.15) is 0 Å². The number of imidazole rings is 1. The summed E-state index contributed by atoms with van der Waals surface area (Å²) in [5.74, 6) is 1.38. The van der Waals surface area contributed by atoms with E-state index in [-0.39, 0.29) is 0 Å². The zero-order chi connectivity index (χ0) is 8.27. The van der Waals surface area contributed by atoms with E-state index in [9.17, 15) is 0 Å². The highest BCUT2D eigenvalue weighted by Gasteiger charge is 1.96. The quantitative estimate of drug-likeness (QED) is 0.478. The molecule has 0 aromatic carbocycles. The summed E-state index contributed by atoms with van der Waals surface area (Å²) in [5, 5.41) is 0. The first kappa shape index (κ1) is 7.65. The van der Waals surface area contributed by atoms with Crippen LogP contribution in [0, 0.1) is 6.92 Å². The number of amidine groups is 1. The van der Waals surface area contributed by atoms with E-state index < -0.39 is 0 Å². The standard InChI is InChI=1S/C7H10N4/c1-5-7(10-4-9-5)11-6(2)8-3/h4H,3H2,1-2H3,(H,9,10)/b11-6-. The maximum absolute atomic E-state index is 4.11. The SMILES string of the molecule is C=N/C(C)=N\c1[nH]cnc1C. The highest BCUT2D eigenvalue weighted by atomic mass is 15.0. The van der Waals surface area contributed by atoms with E-state index in [1.165, 1.54) is 0 Å². The average molecular weight is 150 g/mol. The molecular formula is C7H10N4. The van der Waals surface area contributed by atoms with Gasteiger partial charge in [0.2, 0.25) is 0 Å². The van der Waals surface area contributed by atoms with Gasteiger partial charge in [0, 0.05) is 0 Å². The summed E-state index contributed by atoms with van der Waals surface area (Å²) < 4.78 is 0. The fourth-order valence-electron chi connectivity index (χ4n) is 0.666. The number of hydrogen-bond donors (Lipinski definition) is 1. The minimum absolute atomic E-state index is 0.636. The van der Waals surface area contributed by atoms with Gasteiger partial charge in [-0.05, 0) is 20.6 Å². The van der Waals surface area contributed by atoms with Gasteiger partial charge in [0.15, 0.2) is 5.82 Å². The molecule has 1 N–H and O–H groups in total. The molecule has 0 unspecified atom stereocenters. The smallest absolute Gasteiger partial charge is 0.154 e. The van der Waals surface area contributed by atoms with E-state index in [1.807, 2.05) is 6.92 Å². The summed E-state index contributed by atoms with van der Waals surface area (Å²) >= 11 is 0. The lowest BCUT2D eigenvalue weighted by molar-refractivity contribution is 1.25.